The SMILES string of the molecule is [LiH].[Mn].[Mo].[Ni]. The maximum Gasteiger partial charge on any atom is 0 e. The van der Waals surface area contributed by atoms with E-state index < -0.39 is 0 Å². The molecule has 0 saturated heterocycles. The molecule has 0 aliphatic rings. The van der Waals surface area contributed by atoms with Crippen molar-refractivity contribution in [2.45, 2.75) is 0 Å². The Kier molecular flexibility index (Phi) is 155. The molecule has 0 aromatic carbocycles. The molecule has 0 rings (SSSR count). The Labute approximate surface area is 72.7 Å². The van der Waals surface area contributed by atoms with Gasteiger partial charge in [-0.3, -0.25) is 0 Å². The molecular weight excluding hydrogens is 217 g/mol. The average Bonchev–Trinajstić information content (AvgIpc) is 0. The molecule has 0 heterocycles. The minimum Gasteiger partial charge on any atom is 0 e. The third-order valence-corrected chi connectivity index (χ3v) is 0. The molecule has 0 saturated carbocycles. The number of hydrogen-bond donors (Lipinski definition) is 0. The molecule has 0 aliphatic carbocycles. The van der Waals surface area contributed by atoms with E-state index in [1.807, 2.05) is 0 Å². The van der Waals surface area contributed by atoms with Crippen LogP contribution in [-0.4, -0.2) is 18.9 Å². The van der Waals surface area contributed by atoms with Crippen LogP contribution in [0, 0.1) is 0 Å². The van der Waals surface area contributed by atoms with Gasteiger partial charge in [-0.1, -0.05) is 0 Å². The second-order valence-electron chi connectivity index (χ2n) is 0. The zero-order valence-electron chi connectivity index (χ0n) is 1.10. The van der Waals surface area contributed by atoms with Crippen LogP contribution in [0.5, 0.6) is 0 Å². The van der Waals surface area contributed by atoms with Crippen molar-refractivity contribution in [3.63, 3.8) is 0 Å². The topological polar surface area (TPSA) is 0 Å². The molecular formula is HLiMnMoNi. The molecule has 0 atom stereocenters. The van der Waals surface area contributed by atoms with Gasteiger partial charge in [0.2, 0.25) is 0 Å². The Balaban J connectivity index is 0. The monoisotopic (exact) mass is 219 g/mol. The van der Waals surface area contributed by atoms with Crippen molar-refractivity contribution in [1.29, 1.82) is 0 Å². The summed E-state index contributed by atoms with van der Waals surface area (Å²) in [5, 5.41) is 0. The van der Waals surface area contributed by atoms with Crippen molar-refractivity contribution < 1.29 is 54.6 Å². The molecule has 25 valence electrons. The predicted octanol–water partition coefficient (Wildman–Crippen LogP) is -0.656. The Morgan fingerprint density at radius 3 is 1.00 bits per heavy atom. The summed E-state index contributed by atoms with van der Waals surface area (Å²) in [5.41, 5.74) is 0. The van der Waals surface area contributed by atoms with Gasteiger partial charge in [0.1, 0.15) is 0 Å². The van der Waals surface area contributed by atoms with Crippen molar-refractivity contribution in [2.75, 3.05) is 0 Å². The van der Waals surface area contributed by atoms with Gasteiger partial charge in [0.25, 0.3) is 0 Å². The smallest absolute Gasteiger partial charge is 0 e. The molecule has 1 radical (unpaired) electrons. The second kappa shape index (κ2) is 18.5. The van der Waals surface area contributed by atoms with Crippen molar-refractivity contribution >= 4 is 18.9 Å². The Morgan fingerprint density at radius 2 is 1.00 bits per heavy atom. The van der Waals surface area contributed by atoms with Gasteiger partial charge < -0.3 is 0 Å². The first-order valence-electron chi connectivity index (χ1n) is 0. The maximum absolute atomic E-state index is 0. The van der Waals surface area contributed by atoms with Crippen molar-refractivity contribution in [3.05, 3.63) is 0 Å². The standard InChI is InChI=1S/Li.Mn.Mo.Ni.H. The van der Waals surface area contributed by atoms with Crippen molar-refractivity contribution in [2.24, 2.45) is 0 Å². The van der Waals surface area contributed by atoms with E-state index in [4.69, 9.17) is 0 Å². The fraction of sp³-hybridized carbons (Fsp3) is 0. The molecule has 0 bridgehead atoms. The van der Waals surface area contributed by atoms with E-state index in [1.165, 1.54) is 0 Å². The van der Waals surface area contributed by atoms with Gasteiger partial charge in [0.05, 0.1) is 0 Å². The van der Waals surface area contributed by atoms with Crippen LogP contribution in [0.3, 0.4) is 0 Å². The summed E-state index contributed by atoms with van der Waals surface area (Å²) in [6.45, 7) is 0. The van der Waals surface area contributed by atoms with Crippen LogP contribution in [-0.2, 0) is 54.6 Å². The van der Waals surface area contributed by atoms with Crippen LogP contribution in [0.1, 0.15) is 0 Å². The van der Waals surface area contributed by atoms with Gasteiger partial charge in [0, 0.05) is 54.6 Å². The summed E-state index contributed by atoms with van der Waals surface area (Å²) in [6, 6.07) is 0. The predicted molar refractivity (Wildman–Crippen MR) is 7.15 cm³/mol. The summed E-state index contributed by atoms with van der Waals surface area (Å²) in [7, 11) is 0. The molecule has 0 unspecified atom stereocenters. The molecule has 4 heteroatoms. The third-order valence-electron chi connectivity index (χ3n) is 0. The Bertz CT molecular complexity index is 8.00. The van der Waals surface area contributed by atoms with Gasteiger partial charge in [-0.15, -0.1) is 0 Å². The largest absolute Gasteiger partial charge is 0 e. The van der Waals surface area contributed by atoms with E-state index in [2.05, 4.69) is 0 Å². The first-order chi connectivity index (χ1) is 0. The normalized spacial score (nSPS) is 0. The summed E-state index contributed by atoms with van der Waals surface area (Å²) in [6.07, 6.45) is 0. The van der Waals surface area contributed by atoms with Crippen LogP contribution in [0.2, 0.25) is 0 Å². The van der Waals surface area contributed by atoms with Crippen LogP contribution in [0.25, 0.3) is 0 Å². The van der Waals surface area contributed by atoms with E-state index in [1.54, 1.807) is 0 Å². The maximum atomic E-state index is 0. The Hall–Kier alpha value is 2.30. The van der Waals surface area contributed by atoms with Crippen LogP contribution >= 0.6 is 0 Å². The van der Waals surface area contributed by atoms with Crippen molar-refractivity contribution in [3.8, 4) is 0 Å². The van der Waals surface area contributed by atoms with Crippen LogP contribution in [0.15, 0.2) is 0 Å². The molecule has 0 aromatic rings. The van der Waals surface area contributed by atoms with Gasteiger partial charge in [-0.05, 0) is 0 Å². The molecule has 4 heavy (non-hydrogen) atoms. The third kappa shape index (κ3) is 8.85. The van der Waals surface area contributed by atoms with Gasteiger partial charge in [-0.25, -0.2) is 0 Å². The zero-order chi connectivity index (χ0) is 0. The minimum absolute atomic E-state index is 0. The minimum atomic E-state index is 0. The molecule has 0 amide bonds. The quantitative estimate of drug-likeness (QED) is 0.473. The average molecular weight is 218 g/mol. The van der Waals surface area contributed by atoms with E-state index in [-0.39, 0.29) is 73.5 Å². The molecule has 0 fully saturated rings. The van der Waals surface area contributed by atoms with E-state index in [0.29, 0.717) is 0 Å². The van der Waals surface area contributed by atoms with E-state index in [9.17, 15) is 0 Å². The van der Waals surface area contributed by atoms with Gasteiger partial charge in [0.15, 0.2) is 0 Å². The van der Waals surface area contributed by atoms with E-state index >= 15 is 0 Å². The Morgan fingerprint density at radius 1 is 1.00 bits per heavy atom. The number of hydrogen-bond acceptors (Lipinski definition) is 0. The second-order valence-corrected chi connectivity index (χ2v) is 0. The summed E-state index contributed by atoms with van der Waals surface area (Å²) in [4.78, 5) is 0. The molecule has 0 nitrogen and oxygen atoms in total. The first kappa shape index (κ1) is 33.5. The molecule has 0 spiro atoms. The van der Waals surface area contributed by atoms with E-state index in [0.717, 1.165) is 0 Å². The zero-order valence-corrected chi connectivity index (χ0v) is 5.28. The van der Waals surface area contributed by atoms with Crippen LogP contribution in [0.4, 0.5) is 0 Å². The van der Waals surface area contributed by atoms with Crippen LogP contribution < -0.4 is 0 Å². The summed E-state index contributed by atoms with van der Waals surface area (Å²) < 4.78 is 0. The van der Waals surface area contributed by atoms with Gasteiger partial charge >= 0.3 is 18.9 Å². The van der Waals surface area contributed by atoms with Crippen molar-refractivity contribution in [1.82, 2.24) is 0 Å². The molecule has 0 aliphatic heterocycles. The molecule has 0 N–H and O–H groups in total. The summed E-state index contributed by atoms with van der Waals surface area (Å²) in [5.74, 6) is 0. The first-order valence-corrected chi connectivity index (χ1v) is 0. The van der Waals surface area contributed by atoms with Gasteiger partial charge in [-0.2, -0.15) is 0 Å². The number of rotatable bonds is 0. The fourth-order valence-electron chi connectivity index (χ4n) is 0. The molecule has 0 aromatic heterocycles. The fourth-order valence-corrected chi connectivity index (χ4v) is 0. The summed E-state index contributed by atoms with van der Waals surface area (Å²) >= 11 is 0.